The lowest BCUT2D eigenvalue weighted by Crippen LogP contribution is -2.26. The van der Waals surface area contributed by atoms with Crippen molar-refractivity contribution < 1.29 is 23.8 Å². The summed E-state index contributed by atoms with van der Waals surface area (Å²) in [7, 11) is 2.87. The van der Waals surface area contributed by atoms with Crippen LogP contribution in [0.25, 0.3) is 11.3 Å². The Bertz CT molecular complexity index is 1070. The molecule has 0 aliphatic carbocycles. The number of rotatable bonds is 10. The van der Waals surface area contributed by atoms with Gasteiger partial charge in [0, 0.05) is 23.1 Å². The minimum atomic E-state index is -0.634. The Morgan fingerprint density at radius 2 is 1.75 bits per heavy atom. The van der Waals surface area contributed by atoms with Crippen LogP contribution in [0.5, 0.6) is 17.2 Å². The van der Waals surface area contributed by atoms with Gasteiger partial charge in [-0.05, 0) is 31.0 Å². The van der Waals surface area contributed by atoms with E-state index in [4.69, 9.17) is 19.9 Å². The van der Waals surface area contributed by atoms with E-state index in [9.17, 15) is 9.59 Å². The number of nitrogens with zero attached hydrogens (tertiary/aromatic N) is 1. The van der Waals surface area contributed by atoms with Crippen molar-refractivity contribution >= 4 is 23.2 Å². The maximum Gasteiger partial charge on any atom is 0.255 e. The molecule has 9 heteroatoms. The van der Waals surface area contributed by atoms with Gasteiger partial charge in [-0.2, -0.15) is 0 Å². The quantitative estimate of drug-likeness (QED) is 0.486. The van der Waals surface area contributed by atoms with E-state index in [1.54, 1.807) is 11.3 Å². The van der Waals surface area contributed by atoms with Crippen molar-refractivity contribution in [3.8, 4) is 28.5 Å². The van der Waals surface area contributed by atoms with Gasteiger partial charge in [0.05, 0.1) is 24.9 Å². The molecule has 2 aromatic carbocycles. The maximum atomic E-state index is 12.6. The minimum absolute atomic E-state index is 0.209. The van der Waals surface area contributed by atoms with Crippen LogP contribution in [0.1, 0.15) is 20.9 Å². The zero-order chi connectivity index (χ0) is 23.1. The molecule has 3 N–H and O–H groups in total. The third-order valence-corrected chi connectivity index (χ3v) is 5.42. The molecule has 0 aliphatic rings. The number of carbonyl (C=O) groups is 2. The van der Waals surface area contributed by atoms with Crippen LogP contribution >= 0.6 is 11.3 Å². The van der Waals surface area contributed by atoms with Crippen molar-refractivity contribution in [2.75, 3.05) is 27.4 Å². The van der Waals surface area contributed by atoms with E-state index in [0.717, 1.165) is 21.8 Å². The number of methoxy groups -OCH3 is 2. The lowest BCUT2D eigenvalue weighted by molar-refractivity contribution is -0.120. The molecule has 0 spiro atoms. The molecule has 3 aromatic rings. The Balaban J connectivity index is 1.62. The highest BCUT2D eigenvalue weighted by Gasteiger charge is 2.18. The van der Waals surface area contributed by atoms with Gasteiger partial charge in [-0.15, -0.1) is 11.3 Å². The Morgan fingerprint density at radius 1 is 1.09 bits per heavy atom. The second-order valence-electron chi connectivity index (χ2n) is 6.92. The molecule has 0 radical (unpaired) electrons. The normalized spacial score (nSPS) is 10.5. The first-order valence-corrected chi connectivity index (χ1v) is 10.8. The van der Waals surface area contributed by atoms with Gasteiger partial charge in [0.25, 0.3) is 11.8 Å². The van der Waals surface area contributed by atoms with Gasteiger partial charge in [-0.3, -0.25) is 9.59 Å². The first-order valence-electron chi connectivity index (χ1n) is 9.88. The van der Waals surface area contributed by atoms with E-state index in [2.05, 4.69) is 10.3 Å². The van der Waals surface area contributed by atoms with Crippen LogP contribution in [0.15, 0.2) is 41.8 Å². The van der Waals surface area contributed by atoms with Crippen molar-refractivity contribution in [3.63, 3.8) is 0 Å². The standard InChI is InChI=1S/C23H25N3O5S/c1-14-26-18(13-32-14)16-6-4-15(5-7-16)8-9-25-23(28)17-10-19(29-2)22(20(11-17)30-3)31-12-21(24)27/h4-7,10-11,13H,8-9,12H2,1-3H3,(H2,24,27)(H,25,28). The lowest BCUT2D eigenvalue weighted by Gasteiger charge is -2.15. The molecule has 0 aliphatic heterocycles. The number of hydrogen-bond acceptors (Lipinski definition) is 7. The molecule has 0 unspecified atom stereocenters. The van der Waals surface area contributed by atoms with Gasteiger partial charge in [-0.25, -0.2) is 4.98 Å². The second kappa shape index (κ2) is 10.6. The van der Waals surface area contributed by atoms with E-state index in [1.165, 1.54) is 26.4 Å². The van der Waals surface area contributed by atoms with Crippen molar-refractivity contribution in [1.29, 1.82) is 0 Å². The molecule has 0 bridgehead atoms. The van der Waals surface area contributed by atoms with E-state index in [-0.39, 0.29) is 29.8 Å². The van der Waals surface area contributed by atoms with Crippen molar-refractivity contribution in [2.45, 2.75) is 13.3 Å². The highest BCUT2D eigenvalue weighted by Crippen LogP contribution is 2.38. The molecule has 8 nitrogen and oxygen atoms in total. The maximum absolute atomic E-state index is 12.6. The third-order valence-electron chi connectivity index (χ3n) is 4.65. The molecule has 1 heterocycles. The third kappa shape index (κ3) is 5.76. The molecule has 0 saturated carbocycles. The highest BCUT2D eigenvalue weighted by molar-refractivity contribution is 7.09. The number of thiazole rings is 1. The molecular weight excluding hydrogens is 430 g/mol. The van der Waals surface area contributed by atoms with Gasteiger partial charge >= 0.3 is 0 Å². The van der Waals surface area contributed by atoms with Crippen LogP contribution in [0.3, 0.4) is 0 Å². The number of hydrogen-bond donors (Lipinski definition) is 2. The molecule has 3 rings (SSSR count). The first kappa shape index (κ1) is 23.1. The number of ether oxygens (including phenoxy) is 3. The second-order valence-corrected chi connectivity index (χ2v) is 7.98. The molecule has 2 amide bonds. The largest absolute Gasteiger partial charge is 0.493 e. The fourth-order valence-electron chi connectivity index (χ4n) is 3.06. The highest BCUT2D eigenvalue weighted by atomic mass is 32.1. The summed E-state index contributed by atoms with van der Waals surface area (Å²) in [6.07, 6.45) is 0.677. The number of aryl methyl sites for hydroxylation is 1. The Morgan fingerprint density at radius 3 is 2.28 bits per heavy atom. The molecule has 1 aromatic heterocycles. The van der Waals surface area contributed by atoms with E-state index >= 15 is 0 Å². The fourth-order valence-corrected chi connectivity index (χ4v) is 3.68. The van der Waals surface area contributed by atoms with Gasteiger partial charge in [0.15, 0.2) is 18.1 Å². The number of nitrogens with two attached hydrogens (primary N) is 1. The van der Waals surface area contributed by atoms with Gasteiger partial charge in [0.1, 0.15) is 0 Å². The van der Waals surface area contributed by atoms with Crippen LogP contribution in [-0.2, 0) is 11.2 Å². The number of nitrogens with one attached hydrogen (secondary N) is 1. The zero-order valence-corrected chi connectivity index (χ0v) is 19.0. The van der Waals surface area contributed by atoms with E-state index in [0.29, 0.717) is 18.5 Å². The average molecular weight is 456 g/mol. The molecule has 168 valence electrons. The summed E-state index contributed by atoms with van der Waals surface area (Å²) >= 11 is 1.62. The monoisotopic (exact) mass is 455 g/mol. The predicted octanol–water partition coefficient (Wildman–Crippen LogP) is 2.97. The van der Waals surface area contributed by atoms with Crippen LogP contribution in [0.2, 0.25) is 0 Å². The van der Waals surface area contributed by atoms with E-state index in [1.807, 2.05) is 36.6 Å². The van der Waals surface area contributed by atoms with Crippen molar-refractivity contribution in [2.24, 2.45) is 5.73 Å². The fraction of sp³-hybridized carbons (Fsp3) is 0.261. The topological polar surface area (TPSA) is 113 Å². The van der Waals surface area contributed by atoms with Crippen molar-refractivity contribution in [3.05, 3.63) is 57.9 Å². The average Bonchev–Trinajstić information content (AvgIpc) is 3.23. The summed E-state index contributed by atoms with van der Waals surface area (Å²) in [5, 5.41) is 5.97. The predicted molar refractivity (Wildman–Crippen MR) is 123 cm³/mol. The molecule has 0 fully saturated rings. The number of amides is 2. The smallest absolute Gasteiger partial charge is 0.255 e. The summed E-state index contributed by atoms with van der Waals surface area (Å²) in [6.45, 7) is 2.11. The van der Waals surface area contributed by atoms with Crippen LogP contribution in [0.4, 0.5) is 0 Å². The van der Waals surface area contributed by atoms with Crippen molar-refractivity contribution in [1.82, 2.24) is 10.3 Å². The Hall–Kier alpha value is -3.59. The number of primary amides is 1. The summed E-state index contributed by atoms with van der Waals surface area (Å²) in [4.78, 5) is 28.2. The van der Waals surface area contributed by atoms with E-state index < -0.39 is 5.91 Å². The van der Waals surface area contributed by atoms with Crippen LogP contribution in [0, 0.1) is 6.92 Å². The minimum Gasteiger partial charge on any atom is -0.493 e. The Kier molecular flexibility index (Phi) is 7.67. The first-order chi connectivity index (χ1) is 15.4. The lowest BCUT2D eigenvalue weighted by atomic mass is 10.1. The van der Waals surface area contributed by atoms with Gasteiger partial charge in [0.2, 0.25) is 5.75 Å². The van der Waals surface area contributed by atoms with Crippen LogP contribution in [-0.4, -0.2) is 44.2 Å². The molecular formula is C23H25N3O5S. The number of carbonyl (C=O) groups excluding carboxylic acids is 2. The Labute approximate surface area is 190 Å². The summed E-state index contributed by atoms with van der Waals surface area (Å²) in [5.41, 5.74) is 8.62. The van der Waals surface area contributed by atoms with Gasteiger partial charge < -0.3 is 25.3 Å². The summed E-state index contributed by atoms with van der Waals surface area (Å²) < 4.78 is 16.0. The number of aromatic nitrogens is 1. The summed E-state index contributed by atoms with van der Waals surface area (Å²) in [5.74, 6) is -0.170. The van der Waals surface area contributed by atoms with Gasteiger partial charge in [-0.1, -0.05) is 24.3 Å². The van der Waals surface area contributed by atoms with Crippen LogP contribution < -0.4 is 25.3 Å². The zero-order valence-electron chi connectivity index (χ0n) is 18.1. The molecule has 0 atom stereocenters. The summed E-state index contributed by atoms with van der Waals surface area (Å²) in [6, 6.07) is 11.2. The molecule has 0 saturated heterocycles. The number of benzene rings is 2. The molecule has 32 heavy (non-hydrogen) atoms. The SMILES string of the molecule is COc1cc(C(=O)NCCc2ccc(-c3csc(C)n3)cc2)cc(OC)c1OCC(N)=O.